The lowest BCUT2D eigenvalue weighted by Gasteiger charge is -2.00. The molecule has 4 nitrogen and oxygen atoms in total. The standard InChI is InChI=1S/C16H10ClN3O/c17-12-5-6-18-15-14(12)11(16(21)20-15)7-9-8-19-13-4-2-1-3-10(9)13/h1-8,19H,(H,18,20,21)/b11-7-. The Morgan fingerprint density at radius 3 is 2.95 bits per heavy atom. The van der Waals surface area contributed by atoms with Crippen LogP contribution in [-0.2, 0) is 4.79 Å². The molecule has 3 aromatic rings. The fourth-order valence-electron chi connectivity index (χ4n) is 2.58. The Morgan fingerprint density at radius 2 is 2.05 bits per heavy atom. The Morgan fingerprint density at radius 1 is 1.19 bits per heavy atom. The van der Waals surface area contributed by atoms with Gasteiger partial charge >= 0.3 is 0 Å². The number of amides is 1. The molecular weight excluding hydrogens is 286 g/mol. The number of pyridine rings is 1. The van der Waals surface area contributed by atoms with E-state index < -0.39 is 0 Å². The molecule has 1 aromatic carbocycles. The van der Waals surface area contributed by atoms with Gasteiger partial charge in [-0.3, -0.25) is 4.79 Å². The van der Waals surface area contributed by atoms with E-state index in [0.717, 1.165) is 16.5 Å². The number of hydrogen-bond acceptors (Lipinski definition) is 2. The Hall–Kier alpha value is -2.59. The maximum atomic E-state index is 12.2. The number of halogens is 1. The second-order valence-corrected chi connectivity index (χ2v) is 5.23. The summed E-state index contributed by atoms with van der Waals surface area (Å²) >= 11 is 6.21. The van der Waals surface area contributed by atoms with E-state index in [9.17, 15) is 4.79 Å². The monoisotopic (exact) mass is 295 g/mol. The quantitative estimate of drug-likeness (QED) is 0.672. The highest BCUT2D eigenvalue weighted by Gasteiger charge is 2.27. The third-order valence-corrected chi connectivity index (χ3v) is 3.88. The van der Waals surface area contributed by atoms with Crippen LogP contribution in [0, 0.1) is 0 Å². The largest absolute Gasteiger partial charge is 0.361 e. The van der Waals surface area contributed by atoms with Crippen LogP contribution in [0.4, 0.5) is 5.82 Å². The Bertz CT molecular complexity index is 911. The van der Waals surface area contributed by atoms with Crippen molar-refractivity contribution >= 4 is 45.9 Å². The molecule has 0 fully saturated rings. The number of H-pyrrole nitrogens is 1. The van der Waals surface area contributed by atoms with Gasteiger partial charge in [-0.05, 0) is 18.2 Å². The molecule has 1 amide bonds. The summed E-state index contributed by atoms with van der Waals surface area (Å²) in [5.41, 5.74) is 3.17. The summed E-state index contributed by atoms with van der Waals surface area (Å²) in [6.45, 7) is 0. The number of aromatic amines is 1. The highest BCUT2D eigenvalue weighted by atomic mass is 35.5. The molecule has 0 spiro atoms. The molecule has 0 radical (unpaired) electrons. The summed E-state index contributed by atoms with van der Waals surface area (Å²) in [7, 11) is 0. The first-order valence-corrected chi connectivity index (χ1v) is 6.86. The molecule has 0 unspecified atom stereocenters. The van der Waals surface area contributed by atoms with E-state index in [4.69, 9.17) is 11.6 Å². The number of carbonyl (C=O) groups is 1. The zero-order valence-electron chi connectivity index (χ0n) is 10.9. The molecular formula is C16H10ClN3O. The van der Waals surface area contributed by atoms with Crippen LogP contribution in [0.15, 0.2) is 42.7 Å². The van der Waals surface area contributed by atoms with Gasteiger partial charge in [0.05, 0.1) is 10.6 Å². The van der Waals surface area contributed by atoms with Gasteiger partial charge < -0.3 is 10.3 Å². The molecule has 5 heteroatoms. The lowest BCUT2D eigenvalue weighted by Crippen LogP contribution is -2.04. The van der Waals surface area contributed by atoms with E-state index >= 15 is 0 Å². The molecule has 21 heavy (non-hydrogen) atoms. The van der Waals surface area contributed by atoms with Crippen molar-refractivity contribution in [1.82, 2.24) is 9.97 Å². The van der Waals surface area contributed by atoms with E-state index in [1.165, 1.54) is 0 Å². The summed E-state index contributed by atoms with van der Waals surface area (Å²) in [5.74, 6) is 0.328. The number of nitrogens with one attached hydrogen (secondary N) is 2. The van der Waals surface area contributed by atoms with Crippen molar-refractivity contribution < 1.29 is 4.79 Å². The second kappa shape index (κ2) is 4.46. The van der Waals surface area contributed by atoms with Gasteiger partial charge in [-0.2, -0.15) is 0 Å². The predicted octanol–water partition coefficient (Wildman–Crippen LogP) is 3.71. The molecule has 0 saturated carbocycles. The van der Waals surface area contributed by atoms with E-state index in [-0.39, 0.29) is 5.91 Å². The van der Waals surface area contributed by atoms with Crippen molar-refractivity contribution in [2.24, 2.45) is 0 Å². The van der Waals surface area contributed by atoms with Crippen LogP contribution in [0.1, 0.15) is 11.1 Å². The van der Waals surface area contributed by atoms with Crippen molar-refractivity contribution in [1.29, 1.82) is 0 Å². The molecule has 4 rings (SSSR count). The molecule has 0 atom stereocenters. The van der Waals surface area contributed by atoms with Gasteiger partial charge in [0.1, 0.15) is 5.82 Å². The summed E-state index contributed by atoms with van der Waals surface area (Å²) in [5, 5.41) is 4.32. The number of rotatable bonds is 1. The molecule has 102 valence electrons. The molecule has 0 saturated heterocycles. The van der Waals surface area contributed by atoms with Gasteiger partial charge in [-0.15, -0.1) is 0 Å². The van der Waals surface area contributed by atoms with Crippen LogP contribution in [0.25, 0.3) is 22.6 Å². The fourth-order valence-corrected chi connectivity index (χ4v) is 2.83. The summed E-state index contributed by atoms with van der Waals surface area (Å²) in [6.07, 6.45) is 5.30. The van der Waals surface area contributed by atoms with Crippen LogP contribution < -0.4 is 5.32 Å². The summed E-state index contributed by atoms with van der Waals surface area (Å²) < 4.78 is 0. The minimum atomic E-state index is -0.184. The smallest absolute Gasteiger partial charge is 0.257 e. The maximum absolute atomic E-state index is 12.2. The van der Waals surface area contributed by atoms with Crippen molar-refractivity contribution in [2.45, 2.75) is 0 Å². The molecule has 0 bridgehead atoms. The number of aromatic nitrogens is 2. The van der Waals surface area contributed by atoms with Gasteiger partial charge in [-0.1, -0.05) is 29.8 Å². The second-order valence-electron chi connectivity index (χ2n) is 4.82. The molecule has 2 N–H and O–H groups in total. The third-order valence-electron chi connectivity index (χ3n) is 3.57. The lowest BCUT2D eigenvalue weighted by molar-refractivity contribution is -0.110. The number of hydrogen-bond donors (Lipinski definition) is 2. The first-order valence-electron chi connectivity index (χ1n) is 6.48. The summed E-state index contributed by atoms with van der Waals surface area (Å²) in [4.78, 5) is 19.5. The highest BCUT2D eigenvalue weighted by Crippen LogP contribution is 2.37. The fraction of sp³-hybridized carbons (Fsp3) is 0. The molecule has 0 aliphatic carbocycles. The minimum absolute atomic E-state index is 0.184. The van der Waals surface area contributed by atoms with Crippen LogP contribution >= 0.6 is 11.6 Å². The lowest BCUT2D eigenvalue weighted by atomic mass is 10.1. The average Bonchev–Trinajstić information content (AvgIpc) is 3.03. The number of fused-ring (bicyclic) bond motifs is 2. The van der Waals surface area contributed by atoms with Gasteiger partial charge in [0.15, 0.2) is 0 Å². The van der Waals surface area contributed by atoms with Crippen molar-refractivity contribution in [3.8, 4) is 0 Å². The molecule has 2 aromatic heterocycles. The van der Waals surface area contributed by atoms with Gasteiger partial charge in [0.25, 0.3) is 5.91 Å². The van der Waals surface area contributed by atoms with E-state index in [0.29, 0.717) is 22.0 Å². The first-order chi connectivity index (χ1) is 10.2. The number of benzene rings is 1. The summed E-state index contributed by atoms with van der Waals surface area (Å²) in [6, 6.07) is 9.62. The Balaban J connectivity index is 1.93. The van der Waals surface area contributed by atoms with E-state index in [1.54, 1.807) is 12.3 Å². The van der Waals surface area contributed by atoms with Gasteiger partial charge in [0.2, 0.25) is 0 Å². The Kier molecular flexibility index (Phi) is 2.59. The number of carbonyl (C=O) groups excluding carboxylic acids is 1. The van der Waals surface area contributed by atoms with Crippen molar-refractivity contribution in [3.63, 3.8) is 0 Å². The average molecular weight is 296 g/mol. The van der Waals surface area contributed by atoms with E-state index in [1.807, 2.05) is 36.5 Å². The topological polar surface area (TPSA) is 57.8 Å². The normalized spacial score (nSPS) is 15.5. The first kappa shape index (κ1) is 12.2. The number of nitrogens with zero attached hydrogens (tertiary/aromatic N) is 1. The molecule has 1 aliphatic rings. The van der Waals surface area contributed by atoms with Crippen LogP contribution in [-0.4, -0.2) is 15.9 Å². The van der Waals surface area contributed by atoms with Crippen molar-refractivity contribution in [2.75, 3.05) is 5.32 Å². The zero-order chi connectivity index (χ0) is 14.4. The predicted molar refractivity (Wildman–Crippen MR) is 84.0 cm³/mol. The van der Waals surface area contributed by atoms with E-state index in [2.05, 4.69) is 15.3 Å². The SMILES string of the molecule is O=C1Nc2nccc(Cl)c2/C1=C/c1c[nH]c2ccccc12. The van der Waals surface area contributed by atoms with Crippen LogP contribution in [0.5, 0.6) is 0 Å². The zero-order valence-corrected chi connectivity index (χ0v) is 11.6. The minimum Gasteiger partial charge on any atom is -0.361 e. The van der Waals surface area contributed by atoms with Crippen molar-refractivity contribution in [3.05, 3.63) is 58.9 Å². The number of para-hydroxylation sites is 1. The molecule has 1 aliphatic heterocycles. The third kappa shape index (κ3) is 1.84. The highest BCUT2D eigenvalue weighted by molar-refractivity contribution is 6.41. The van der Waals surface area contributed by atoms with Gasteiger partial charge in [-0.25, -0.2) is 4.98 Å². The number of anilines is 1. The maximum Gasteiger partial charge on any atom is 0.257 e. The van der Waals surface area contributed by atoms with Crippen LogP contribution in [0.3, 0.4) is 0 Å². The molecule has 3 heterocycles. The Labute approximate surface area is 125 Å². The van der Waals surface area contributed by atoms with Gasteiger partial charge in [0, 0.05) is 34.4 Å². The van der Waals surface area contributed by atoms with Crippen LogP contribution in [0.2, 0.25) is 5.02 Å².